The van der Waals surface area contributed by atoms with Crippen molar-refractivity contribution < 1.29 is 19.1 Å². The van der Waals surface area contributed by atoms with Crippen LogP contribution < -0.4 is 10.1 Å². The van der Waals surface area contributed by atoms with Crippen molar-refractivity contribution in [3.63, 3.8) is 0 Å². The molecule has 0 saturated carbocycles. The van der Waals surface area contributed by atoms with E-state index >= 15 is 0 Å². The number of hydrogen-bond donors (Lipinski definition) is 1. The van der Waals surface area contributed by atoms with Gasteiger partial charge < -0.3 is 19.7 Å². The van der Waals surface area contributed by atoms with Gasteiger partial charge in [0.1, 0.15) is 5.75 Å². The zero-order valence-electron chi connectivity index (χ0n) is 25.8. The number of ether oxygens (including phenoxy) is 2. The summed E-state index contributed by atoms with van der Waals surface area (Å²) in [6.07, 6.45) is 3.23. The minimum Gasteiger partial charge on any atom is -0.467 e. The molecule has 1 aliphatic rings. The van der Waals surface area contributed by atoms with E-state index in [9.17, 15) is 9.59 Å². The molecule has 0 aliphatic carbocycles. The Hall–Kier alpha value is -3.52. The highest BCUT2D eigenvalue weighted by Gasteiger charge is 2.20. The molecule has 3 aromatic carbocycles. The first-order valence-electron chi connectivity index (χ1n) is 14.3. The Kier molecular flexibility index (Phi) is 14.8. The number of hydrogen-bond acceptors (Lipinski definition) is 7. The zero-order chi connectivity index (χ0) is 30.2. The lowest BCUT2D eigenvalue weighted by atomic mass is 10.0. The van der Waals surface area contributed by atoms with Crippen molar-refractivity contribution in [1.82, 2.24) is 9.80 Å². The van der Waals surface area contributed by atoms with E-state index in [0.29, 0.717) is 17.4 Å². The Bertz CT molecular complexity index is 1210. The van der Waals surface area contributed by atoms with Crippen LogP contribution in [-0.2, 0) is 11.3 Å². The molecule has 7 nitrogen and oxygen atoms in total. The summed E-state index contributed by atoms with van der Waals surface area (Å²) >= 11 is 0. The van der Waals surface area contributed by atoms with Crippen LogP contribution in [0.4, 0.5) is 5.69 Å². The highest BCUT2D eigenvalue weighted by atomic mass is 16.7. The number of likely N-dealkylation sites (tertiary alicyclic amines) is 1. The number of ketones is 1. The average molecular weight is 562 g/mol. The summed E-state index contributed by atoms with van der Waals surface area (Å²) < 4.78 is 10.3. The predicted molar refractivity (Wildman–Crippen MR) is 169 cm³/mol. The van der Waals surface area contributed by atoms with Gasteiger partial charge in [0.15, 0.2) is 18.9 Å². The number of benzene rings is 3. The van der Waals surface area contributed by atoms with Crippen molar-refractivity contribution in [2.75, 3.05) is 53.5 Å². The first-order valence-corrected chi connectivity index (χ1v) is 14.3. The second-order valence-corrected chi connectivity index (χ2v) is 9.94. The van der Waals surface area contributed by atoms with Crippen LogP contribution in [0.5, 0.6) is 5.75 Å². The third kappa shape index (κ3) is 10.4. The molecule has 222 valence electrons. The summed E-state index contributed by atoms with van der Waals surface area (Å²) in [5, 5.41) is 3.07. The monoisotopic (exact) mass is 561 g/mol. The van der Waals surface area contributed by atoms with E-state index in [1.54, 1.807) is 14.0 Å². The Morgan fingerprint density at radius 2 is 1.68 bits per heavy atom. The molecule has 7 heteroatoms. The van der Waals surface area contributed by atoms with Gasteiger partial charge in [-0.1, -0.05) is 56.3 Å². The maximum atomic E-state index is 11.4. The Labute approximate surface area is 246 Å². The number of Topliss-reactive ketones (excluding diaryl/α,β-unsaturated/α-hetero) is 1. The Morgan fingerprint density at radius 3 is 2.24 bits per heavy atom. The van der Waals surface area contributed by atoms with Crippen molar-refractivity contribution in [2.24, 2.45) is 0 Å². The smallest absolute Gasteiger partial charge is 0.188 e. The lowest BCUT2D eigenvalue weighted by molar-refractivity contribution is 0.0505. The van der Waals surface area contributed by atoms with Crippen molar-refractivity contribution in [2.45, 2.75) is 46.2 Å². The third-order valence-electron chi connectivity index (χ3n) is 7.00. The molecule has 1 N–H and O–H groups in total. The van der Waals surface area contributed by atoms with Crippen LogP contribution in [0.1, 0.15) is 59.9 Å². The van der Waals surface area contributed by atoms with Gasteiger partial charge in [-0.15, -0.1) is 0 Å². The molecule has 1 saturated heterocycles. The number of anilines is 1. The minimum atomic E-state index is 0.0777. The van der Waals surface area contributed by atoms with E-state index in [-0.39, 0.29) is 12.6 Å². The SMILES string of the molecule is CC.CNc1cc(-c2ccccc2)ccc1C(C)=O.COCOc1ccc(CN2CCC(N(C)C)CC2)cc1C=O. The average Bonchev–Trinajstić information content (AvgIpc) is 3.02. The number of piperidine rings is 1. The van der Waals surface area contributed by atoms with E-state index in [1.807, 2.05) is 75.5 Å². The van der Waals surface area contributed by atoms with E-state index in [1.165, 1.54) is 12.8 Å². The second-order valence-electron chi connectivity index (χ2n) is 9.94. The van der Waals surface area contributed by atoms with Gasteiger partial charge in [0, 0.05) is 38.0 Å². The number of carbonyl (C=O) groups is 2. The molecule has 1 aliphatic heterocycles. The standard InChI is InChI=1S/C17H26N2O3.C15H15NO.C2H6/c1-18(2)16-6-8-19(9-7-16)11-14-4-5-17(22-13-21-3)15(10-14)12-20;1-11(17)14-9-8-13(10-15(14)16-2)12-6-4-3-5-7-12;1-2/h4-5,10,12,16H,6-9,11,13H2,1-3H3;3-10,16H,1-2H3;1-2H3. The van der Waals surface area contributed by atoms with Gasteiger partial charge in [0.25, 0.3) is 0 Å². The summed E-state index contributed by atoms with van der Waals surface area (Å²) in [5.41, 5.74) is 5.60. The van der Waals surface area contributed by atoms with Crippen molar-refractivity contribution in [3.05, 3.63) is 83.4 Å². The fraction of sp³-hybridized carbons (Fsp3) is 0.412. The lowest BCUT2D eigenvalue weighted by Gasteiger charge is -2.35. The van der Waals surface area contributed by atoms with E-state index in [0.717, 1.165) is 53.9 Å². The predicted octanol–water partition coefficient (Wildman–Crippen LogP) is 6.63. The van der Waals surface area contributed by atoms with Gasteiger partial charge >= 0.3 is 0 Å². The van der Waals surface area contributed by atoms with Crippen LogP contribution in [-0.4, -0.2) is 76.0 Å². The quantitative estimate of drug-likeness (QED) is 0.169. The molecular weight excluding hydrogens is 514 g/mol. The number of aldehydes is 1. The summed E-state index contributed by atoms with van der Waals surface area (Å²) in [6, 6.07) is 22.5. The Balaban J connectivity index is 0.000000278. The fourth-order valence-corrected chi connectivity index (χ4v) is 4.76. The number of carbonyl (C=O) groups excluding carboxylic acids is 2. The topological polar surface area (TPSA) is 71.1 Å². The largest absolute Gasteiger partial charge is 0.467 e. The molecule has 4 rings (SSSR count). The van der Waals surface area contributed by atoms with Gasteiger partial charge in [0.2, 0.25) is 0 Å². The van der Waals surface area contributed by atoms with E-state index < -0.39 is 0 Å². The van der Waals surface area contributed by atoms with Crippen molar-refractivity contribution >= 4 is 17.8 Å². The molecule has 0 spiro atoms. The molecule has 3 aromatic rings. The fourth-order valence-electron chi connectivity index (χ4n) is 4.76. The molecule has 1 fully saturated rings. The van der Waals surface area contributed by atoms with Gasteiger partial charge in [-0.3, -0.25) is 14.5 Å². The van der Waals surface area contributed by atoms with Crippen LogP contribution in [0.25, 0.3) is 11.1 Å². The molecule has 1 heterocycles. The lowest BCUT2D eigenvalue weighted by Crippen LogP contribution is -2.41. The van der Waals surface area contributed by atoms with Crippen molar-refractivity contribution in [3.8, 4) is 16.9 Å². The van der Waals surface area contributed by atoms with Gasteiger partial charge in [-0.05, 0) is 87.9 Å². The summed E-state index contributed by atoms with van der Waals surface area (Å²) in [4.78, 5) is 27.4. The first kappa shape index (κ1) is 33.7. The van der Waals surface area contributed by atoms with Gasteiger partial charge in [0.05, 0.1) is 5.56 Å². The molecule has 0 amide bonds. The zero-order valence-corrected chi connectivity index (χ0v) is 25.8. The van der Waals surface area contributed by atoms with Gasteiger partial charge in [-0.25, -0.2) is 0 Å². The van der Waals surface area contributed by atoms with Crippen molar-refractivity contribution in [1.29, 1.82) is 0 Å². The van der Waals surface area contributed by atoms with Crippen LogP contribution in [0.3, 0.4) is 0 Å². The number of nitrogens with zero attached hydrogens (tertiary/aromatic N) is 2. The molecule has 0 unspecified atom stereocenters. The highest BCUT2D eigenvalue weighted by molar-refractivity contribution is 6.00. The van der Waals surface area contributed by atoms with Crippen LogP contribution >= 0.6 is 0 Å². The maximum Gasteiger partial charge on any atom is 0.188 e. The third-order valence-corrected chi connectivity index (χ3v) is 7.00. The summed E-state index contributed by atoms with van der Waals surface area (Å²) in [7, 11) is 7.69. The molecule has 0 atom stereocenters. The van der Waals surface area contributed by atoms with E-state index in [4.69, 9.17) is 9.47 Å². The second kappa shape index (κ2) is 18.0. The molecular formula is C34H47N3O4. The number of rotatable bonds is 10. The van der Waals surface area contributed by atoms with E-state index in [2.05, 4.69) is 41.3 Å². The molecule has 0 aromatic heterocycles. The summed E-state index contributed by atoms with van der Waals surface area (Å²) in [5.74, 6) is 0.654. The molecule has 0 bridgehead atoms. The maximum absolute atomic E-state index is 11.4. The highest BCUT2D eigenvalue weighted by Crippen LogP contribution is 2.26. The number of nitrogens with one attached hydrogen (secondary N) is 1. The summed E-state index contributed by atoms with van der Waals surface area (Å²) in [6.45, 7) is 8.81. The molecule has 0 radical (unpaired) electrons. The van der Waals surface area contributed by atoms with Crippen LogP contribution in [0, 0.1) is 0 Å². The van der Waals surface area contributed by atoms with Gasteiger partial charge in [-0.2, -0.15) is 0 Å². The van der Waals surface area contributed by atoms with Crippen LogP contribution in [0.2, 0.25) is 0 Å². The van der Waals surface area contributed by atoms with Crippen LogP contribution in [0.15, 0.2) is 66.7 Å². The minimum absolute atomic E-state index is 0.0777. The molecule has 41 heavy (non-hydrogen) atoms. The normalized spacial score (nSPS) is 13.4. The first-order chi connectivity index (χ1) is 19.9. The number of methoxy groups -OCH3 is 1. The Morgan fingerprint density at radius 1 is 1.00 bits per heavy atom.